The second-order valence-corrected chi connectivity index (χ2v) is 4.50. The summed E-state index contributed by atoms with van der Waals surface area (Å²) in [6, 6.07) is 1.81. The van der Waals surface area contributed by atoms with E-state index in [-0.39, 0.29) is 12.4 Å². The number of ether oxygens (including phenoxy) is 1. The highest BCUT2D eigenvalue weighted by molar-refractivity contribution is 6.31. The molecule has 1 atom stereocenters. The third-order valence-corrected chi connectivity index (χ3v) is 3.10. The van der Waals surface area contributed by atoms with E-state index in [2.05, 4.69) is 20.3 Å². The van der Waals surface area contributed by atoms with Crippen LogP contribution in [-0.2, 0) is 4.84 Å². The van der Waals surface area contributed by atoms with Gasteiger partial charge in [-0.1, -0.05) is 16.8 Å². The minimum Gasteiger partial charge on any atom is -0.492 e. The predicted octanol–water partition coefficient (Wildman–Crippen LogP) is 2.13. The molecule has 1 saturated heterocycles. The first-order valence-electron chi connectivity index (χ1n) is 5.85. The molecular formula is C12H17Cl2N3O2. The molecule has 0 aromatic carbocycles. The van der Waals surface area contributed by atoms with E-state index in [1.165, 1.54) is 13.3 Å². The Morgan fingerprint density at radius 3 is 3.16 bits per heavy atom. The summed E-state index contributed by atoms with van der Waals surface area (Å²) in [5, 5.41) is 7.35. The van der Waals surface area contributed by atoms with Gasteiger partial charge in [-0.25, -0.2) is 4.98 Å². The van der Waals surface area contributed by atoms with Gasteiger partial charge in [-0.3, -0.25) is 0 Å². The van der Waals surface area contributed by atoms with Gasteiger partial charge < -0.3 is 14.9 Å². The molecule has 0 radical (unpaired) electrons. The summed E-state index contributed by atoms with van der Waals surface area (Å²) in [7, 11) is 1.48. The normalized spacial score (nSPS) is 18.3. The van der Waals surface area contributed by atoms with Crippen LogP contribution in [0.4, 0.5) is 0 Å². The first kappa shape index (κ1) is 16.0. The number of rotatable bonds is 5. The molecule has 0 aliphatic carbocycles. The smallest absolute Gasteiger partial charge is 0.138 e. The maximum atomic E-state index is 5.94. The lowest BCUT2D eigenvalue weighted by Gasteiger charge is -2.11. The van der Waals surface area contributed by atoms with Crippen LogP contribution in [0.5, 0.6) is 5.75 Å². The molecule has 2 rings (SSSR count). The van der Waals surface area contributed by atoms with Gasteiger partial charge in [-0.2, -0.15) is 0 Å². The number of hydrogen-bond donors (Lipinski definition) is 1. The summed E-state index contributed by atoms with van der Waals surface area (Å²) < 4.78 is 5.70. The summed E-state index contributed by atoms with van der Waals surface area (Å²) in [4.78, 5) is 8.67. The van der Waals surface area contributed by atoms with Crippen LogP contribution >= 0.6 is 24.0 Å². The highest BCUT2D eigenvalue weighted by Gasteiger charge is 2.15. The maximum absolute atomic E-state index is 5.94. The summed E-state index contributed by atoms with van der Waals surface area (Å²) in [6.45, 7) is 2.77. The van der Waals surface area contributed by atoms with Crippen LogP contribution in [0.2, 0.25) is 5.15 Å². The lowest BCUT2D eigenvalue weighted by Crippen LogP contribution is -2.15. The van der Waals surface area contributed by atoms with Gasteiger partial charge in [0, 0.05) is 18.0 Å². The number of hydrogen-bond acceptors (Lipinski definition) is 5. The van der Waals surface area contributed by atoms with Gasteiger partial charge in [0.1, 0.15) is 18.0 Å². The van der Waals surface area contributed by atoms with Crippen LogP contribution in [-0.4, -0.2) is 38.0 Å². The highest BCUT2D eigenvalue weighted by Crippen LogP contribution is 2.19. The van der Waals surface area contributed by atoms with E-state index in [0.29, 0.717) is 29.0 Å². The van der Waals surface area contributed by atoms with Crippen LogP contribution < -0.4 is 10.1 Å². The molecule has 0 bridgehead atoms. The van der Waals surface area contributed by atoms with E-state index in [4.69, 9.17) is 16.3 Å². The van der Waals surface area contributed by atoms with E-state index in [1.807, 2.05) is 0 Å². The Balaban J connectivity index is 0.00000180. The van der Waals surface area contributed by atoms with Crippen molar-refractivity contribution in [2.45, 2.75) is 6.42 Å². The second-order valence-electron chi connectivity index (χ2n) is 4.14. The number of pyridine rings is 1. The standard InChI is InChI=1S/C12H16ClN3O2.ClH/c1-17-16-6-10-4-11(7-15-12(10)13)18-8-9-2-3-14-5-9;/h4,6-7,9,14H,2-3,5,8H2,1H3;1H/b16-6+;/t9-;/m0./s1. The largest absolute Gasteiger partial charge is 0.492 e. The van der Waals surface area contributed by atoms with Crippen molar-refractivity contribution in [1.29, 1.82) is 0 Å². The van der Waals surface area contributed by atoms with Gasteiger partial charge in [0.2, 0.25) is 0 Å². The molecule has 1 N–H and O–H groups in total. The highest BCUT2D eigenvalue weighted by atomic mass is 35.5. The number of nitrogens with one attached hydrogen (secondary N) is 1. The first-order chi connectivity index (χ1) is 8.79. The van der Waals surface area contributed by atoms with Gasteiger partial charge in [0.05, 0.1) is 19.0 Å². The van der Waals surface area contributed by atoms with Crippen LogP contribution in [0.1, 0.15) is 12.0 Å². The molecule has 19 heavy (non-hydrogen) atoms. The van der Waals surface area contributed by atoms with Gasteiger partial charge in [0.15, 0.2) is 0 Å². The fourth-order valence-corrected chi connectivity index (χ4v) is 1.95. The third-order valence-electron chi connectivity index (χ3n) is 2.79. The first-order valence-corrected chi connectivity index (χ1v) is 6.23. The Hall–Kier alpha value is -1.04. The predicted molar refractivity (Wildman–Crippen MR) is 77.6 cm³/mol. The zero-order chi connectivity index (χ0) is 12.8. The van der Waals surface area contributed by atoms with Gasteiger partial charge >= 0.3 is 0 Å². The molecule has 1 aliphatic rings. The van der Waals surface area contributed by atoms with Gasteiger partial charge in [-0.05, 0) is 19.0 Å². The summed E-state index contributed by atoms with van der Waals surface area (Å²) in [5.74, 6) is 1.26. The third kappa shape index (κ3) is 4.86. The topological polar surface area (TPSA) is 55.7 Å². The molecule has 2 heterocycles. The van der Waals surface area contributed by atoms with Crippen molar-refractivity contribution >= 4 is 30.2 Å². The lowest BCUT2D eigenvalue weighted by molar-refractivity contribution is 0.215. The molecule has 1 aromatic rings. The lowest BCUT2D eigenvalue weighted by atomic mass is 10.1. The van der Waals surface area contributed by atoms with Crippen molar-refractivity contribution in [3.8, 4) is 5.75 Å². The van der Waals surface area contributed by atoms with E-state index in [9.17, 15) is 0 Å². The number of aromatic nitrogens is 1. The Morgan fingerprint density at radius 2 is 2.47 bits per heavy atom. The van der Waals surface area contributed by atoms with Crippen molar-refractivity contribution < 1.29 is 9.57 Å². The van der Waals surface area contributed by atoms with Crippen molar-refractivity contribution in [2.24, 2.45) is 11.1 Å². The van der Waals surface area contributed by atoms with Crippen molar-refractivity contribution in [2.75, 3.05) is 26.8 Å². The van der Waals surface area contributed by atoms with Crippen LogP contribution in [0.3, 0.4) is 0 Å². The Bertz CT molecular complexity index is 423. The Morgan fingerprint density at radius 1 is 1.63 bits per heavy atom. The molecule has 106 valence electrons. The summed E-state index contributed by atoms with van der Waals surface area (Å²) >= 11 is 5.94. The van der Waals surface area contributed by atoms with Crippen molar-refractivity contribution in [3.05, 3.63) is 23.0 Å². The van der Waals surface area contributed by atoms with E-state index in [1.54, 1.807) is 12.3 Å². The average molecular weight is 306 g/mol. The number of nitrogens with zero attached hydrogens (tertiary/aromatic N) is 2. The molecule has 0 saturated carbocycles. The second kappa shape index (κ2) is 8.19. The molecule has 1 fully saturated rings. The Kier molecular flexibility index (Phi) is 6.91. The van der Waals surface area contributed by atoms with E-state index < -0.39 is 0 Å². The zero-order valence-corrected chi connectivity index (χ0v) is 12.2. The summed E-state index contributed by atoms with van der Waals surface area (Å²) in [6.07, 6.45) is 4.28. The average Bonchev–Trinajstić information content (AvgIpc) is 2.89. The van der Waals surface area contributed by atoms with E-state index >= 15 is 0 Å². The fraction of sp³-hybridized carbons (Fsp3) is 0.500. The van der Waals surface area contributed by atoms with E-state index in [0.717, 1.165) is 19.5 Å². The summed E-state index contributed by atoms with van der Waals surface area (Å²) in [5.41, 5.74) is 0.681. The van der Waals surface area contributed by atoms with Crippen LogP contribution in [0, 0.1) is 5.92 Å². The zero-order valence-electron chi connectivity index (χ0n) is 10.6. The van der Waals surface area contributed by atoms with Crippen molar-refractivity contribution in [3.63, 3.8) is 0 Å². The quantitative estimate of drug-likeness (QED) is 0.514. The minimum absolute atomic E-state index is 0. The molecule has 1 aliphatic heterocycles. The van der Waals surface area contributed by atoms with Crippen LogP contribution in [0.25, 0.3) is 0 Å². The molecule has 1 aromatic heterocycles. The monoisotopic (exact) mass is 305 g/mol. The molecule has 0 amide bonds. The molecule has 7 heteroatoms. The minimum atomic E-state index is 0. The SMILES string of the molecule is CO/N=C/c1cc(OC[C@H]2CCNC2)cnc1Cl.Cl. The van der Waals surface area contributed by atoms with Crippen LogP contribution in [0.15, 0.2) is 17.4 Å². The van der Waals surface area contributed by atoms with Gasteiger partial charge in [-0.15, -0.1) is 12.4 Å². The maximum Gasteiger partial charge on any atom is 0.138 e. The molecule has 5 nitrogen and oxygen atoms in total. The molecular weight excluding hydrogens is 289 g/mol. The number of halogens is 2. The molecule has 0 spiro atoms. The Labute approximate surface area is 123 Å². The molecule has 0 unspecified atom stereocenters. The van der Waals surface area contributed by atoms with Crippen molar-refractivity contribution in [1.82, 2.24) is 10.3 Å². The fourth-order valence-electron chi connectivity index (χ4n) is 1.79. The number of oxime groups is 1. The van der Waals surface area contributed by atoms with Gasteiger partial charge in [0.25, 0.3) is 0 Å².